The second-order valence-electron chi connectivity index (χ2n) is 5.33. The molecule has 0 saturated carbocycles. The standard InChI is InChI=1S/C16H18N4O/c1-11-18-9-13-7-8-20(10-14(13)19-11)15(16(17)21)12-5-3-2-4-6-12/h2-6,9,15H,7-8,10H2,1H3,(H2,17,21)/t15-/m1/s1. The van der Waals surface area contributed by atoms with Crippen LogP contribution in [0.15, 0.2) is 36.5 Å². The number of carbonyl (C=O) groups excluding carboxylic acids is 1. The number of hydrogen-bond acceptors (Lipinski definition) is 4. The maximum absolute atomic E-state index is 11.9. The fraction of sp³-hybridized carbons (Fsp3) is 0.312. The van der Waals surface area contributed by atoms with Crippen LogP contribution in [-0.2, 0) is 17.8 Å². The number of nitrogens with two attached hydrogens (primary N) is 1. The van der Waals surface area contributed by atoms with Crippen LogP contribution in [0.5, 0.6) is 0 Å². The largest absolute Gasteiger partial charge is 0.368 e. The Bertz CT molecular complexity index is 657. The van der Waals surface area contributed by atoms with Crippen LogP contribution in [0.1, 0.15) is 28.7 Å². The summed E-state index contributed by atoms with van der Waals surface area (Å²) in [5.41, 5.74) is 8.72. The van der Waals surface area contributed by atoms with E-state index in [4.69, 9.17) is 5.73 Å². The lowest BCUT2D eigenvalue weighted by Gasteiger charge is -2.33. The summed E-state index contributed by atoms with van der Waals surface area (Å²) >= 11 is 0. The molecule has 2 heterocycles. The molecule has 0 fully saturated rings. The van der Waals surface area contributed by atoms with Crippen LogP contribution >= 0.6 is 0 Å². The average molecular weight is 282 g/mol. The summed E-state index contributed by atoms with van der Waals surface area (Å²) in [6.07, 6.45) is 2.73. The fourth-order valence-electron chi connectivity index (χ4n) is 2.83. The van der Waals surface area contributed by atoms with Crippen LogP contribution in [0.4, 0.5) is 0 Å². The summed E-state index contributed by atoms with van der Waals surface area (Å²) in [6.45, 7) is 3.28. The normalized spacial score (nSPS) is 16.2. The predicted molar refractivity (Wildman–Crippen MR) is 79.3 cm³/mol. The molecule has 0 unspecified atom stereocenters. The SMILES string of the molecule is Cc1ncc2c(n1)CN([C@@H](C(N)=O)c1ccccc1)CC2. The Morgan fingerprint density at radius 3 is 2.81 bits per heavy atom. The van der Waals surface area contributed by atoms with Crippen molar-refractivity contribution in [3.05, 3.63) is 59.2 Å². The summed E-state index contributed by atoms with van der Waals surface area (Å²) in [7, 11) is 0. The minimum Gasteiger partial charge on any atom is -0.368 e. The minimum atomic E-state index is -0.408. The van der Waals surface area contributed by atoms with E-state index in [9.17, 15) is 4.79 Å². The van der Waals surface area contributed by atoms with Gasteiger partial charge in [0, 0.05) is 19.3 Å². The predicted octanol–water partition coefficient (Wildman–Crippen LogP) is 1.37. The van der Waals surface area contributed by atoms with Crippen molar-refractivity contribution in [1.29, 1.82) is 0 Å². The molecule has 1 aliphatic rings. The molecule has 0 bridgehead atoms. The van der Waals surface area contributed by atoms with E-state index in [2.05, 4.69) is 14.9 Å². The molecular formula is C16H18N4O. The number of amides is 1. The first-order valence-corrected chi connectivity index (χ1v) is 7.05. The van der Waals surface area contributed by atoms with Gasteiger partial charge in [0.1, 0.15) is 11.9 Å². The quantitative estimate of drug-likeness (QED) is 0.923. The van der Waals surface area contributed by atoms with Gasteiger partial charge >= 0.3 is 0 Å². The number of aryl methyl sites for hydroxylation is 1. The Morgan fingerprint density at radius 2 is 2.10 bits per heavy atom. The third-order valence-electron chi connectivity index (χ3n) is 3.85. The molecule has 0 aliphatic carbocycles. The Kier molecular flexibility index (Phi) is 3.66. The molecule has 2 aromatic rings. The van der Waals surface area contributed by atoms with Gasteiger partial charge in [-0.2, -0.15) is 0 Å². The van der Waals surface area contributed by atoms with Crippen molar-refractivity contribution in [2.45, 2.75) is 25.9 Å². The Hall–Kier alpha value is -2.27. The van der Waals surface area contributed by atoms with E-state index in [1.54, 1.807) is 0 Å². The summed E-state index contributed by atoms with van der Waals surface area (Å²) in [5, 5.41) is 0. The molecular weight excluding hydrogens is 264 g/mol. The Labute approximate surface area is 123 Å². The molecule has 1 aromatic carbocycles. The van der Waals surface area contributed by atoms with Crippen molar-refractivity contribution in [3.63, 3.8) is 0 Å². The molecule has 3 rings (SSSR count). The zero-order valence-electron chi connectivity index (χ0n) is 12.0. The van der Waals surface area contributed by atoms with Crippen LogP contribution in [-0.4, -0.2) is 27.3 Å². The molecule has 0 spiro atoms. The van der Waals surface area contributed by atoms with Crippen molar-refractivity contribution >= 4 is 5.91 Å². The molecule has 0 radical (unpaired) electrons. The van der Waals surface area contributed by atoms with E-state index in [-0.39, 0.29) is 5.91 Å². The van der Waals surface area contributed by atoms with E-state index in [1.165, 1.54) is 0 Å². The van der Waals surface area contributed by atoms with Crippen LogP contribution in [0.2, 0.25) is 0 Å². The second kappa shape index (κ2) is 5.61. The summed E-state index contributed by atoms with van der Waals surface area (Å²) in [5.74, 6) is 0.432. The van der Waals surface area contributed by atoms with Gasteiger partial charge in [0.25, 0.3) is 0 Å². The molecule has 1 aromatic heterocycles. The molecule has 108 valence electrons. The van der Waals surface area contributed by atoms with Gasteiger partial charge < -0.3 is 5.73 Å². The molecule has 2 N–H and O–H groups in total. The van der Waals surface area contributed by atoms with E-state index >= 15 is 0 Å². The smallest absolute Gasteiger partial charge is 0.239 e. The lowest BCUT2D eigenvalue weighted by molar-refractivity contribution is -0.123. The first kappa shape index (κ1) is 13.7. The zero-order chi connectivity index (χ0) is 14.8. The van der Waals surface area contributed by atoms with Crippen molar-refractivity contribution in [3.8, 4) is 0 Å². The molecule has 0 saturated heterocycles. The van der Waals surface area contributed by atoms with E-state index < -0.39 is 6.04 Å². The average Bonchev–Trinajstić information content (AvgIpc) is 2.48. The number of fused-ring (bicyclic) bond motifs is 1. The van der Waals surface area contributed by atoms with Crippen LogP contribution in [0, 0.1) is 6.92 Å². The fourth-order valence-corrected chi connectivity index (χ4v) is 2.83. The highest BCUT2D eigenvalue weighted by Gasteiger charge is 2.29. The van der Waals surface area contributed by atoms with Gasteiger partial charge in [0.15, 0.2) is 0 Å². The van der Waals surface area contributed by atoms with Gasteiger partial charge in [-0.3, -0.25) is 9.69 Å². The van der Waals surface area contributed by atoms with Crippen LogP contribution in [0.25, 0.3) is 0 Å². The van der Waals surface area contributed by atoms with E-state index in [0.29, 0.717) is 6.54 Å². The van der Waals surface area contributed by atoms with Crippen LogP contribution in [0.3, 0.4) is 0 Å². The minimum absolute atomic E-state index is 0.324. The van der Waals surface area contributed by atoms with E-state index in [0.717, 1.165) is 35.6 Å². The number of primary amides is 1. The van der Waals surface area contributed by atoms with Gasteiger partial charge in [-0.25, -0.2) is 9.97 Å². The molecule has 5 nitrogen and oxygen atoms in total. The zero-order valence-corrected chi connectivity index (χ0v) is 12.0. The van der Waals surface area contributed by atoms with Crippen molar-refractivity contribution in [1.82, 2.24) is 14.9 Å². The van der Waals surface area contributed by atoms with Gasteiger partial charge in [-0.1, -0.05) is 30.3 Å². The van der Waals surface area contributed by atoms with Gasteiger partial charge in [-0.15, -0.1) is 0 Å². The number of benzene rings is 1. The number of rotatable bonds is 3. The highest BCUT2D eigenvalue weighted by Crippen LogP contribution is 2.26. The lowest BCUT2D eigenvalue weighted by atomic mass is 10.00. The maximum Gasteiger partial charge on any atom is 0.239 e. The molecule has 21 heavy (non-hydrogen) atoms. The summed E-state index contributed by atoms with van der Waals surface area (Å²) in [4.78, 5) is 22.7. The highest BCUT2D eigenvalue weighted by atomic mass is 16.1. The van der Waals surface area contributed by atoms with Crippen molar-refractivity contribution in [2.75, 3.05) is 6.54 Å². The summed E-state index contributed by atoms with van der Waals surface area (Å²) < 4.78 is 0. The third-order valence-corrected chi connectivity index (χ3v) is 3.85. The first-order chi connectivity index (χ1) is 10.1. The Morgan fingerprint density at radius 1 is 1.33 bits per heavy atom. The van der Waals surface area contributed by atoms with Crippen molar-refractivity contribution < 1.29 is 4.79 Å². The monoisotopic (exact) mass is 282 g/mol. The van der Waals surface area contributed by atoms with Crippen LogP contribution < -0.4 is 5.73 Å². The number of carbonyl (C=O) groups is 1. The van der Waals surface area contributed by atoms with Gasteiger partial charge in [0.05, 0.1) is 5.69 Å². The summed E-state index contributed by atoms with van der Waals surface area (Å²) in [6, 6.07) is 9.26. The first-order valence-electron chi connectivity index (χ1n) is 7.05. The van der Waals surface area contributed by atoms with Gasteiger partial charge in [-0.05, 0) is 24.5 Å². The van der Waals surface area contributed by atoms with Gasteiger partial charge in [0.2, 0.25) is 5.91 Å². The topological polar surface area (TPSA) is 72.1 Å². The lowest BCUT2D eigenvalue weighted by Crippen LogP contribution is -2.41. The third kappa shape index (κ3) is 2.78. The highest BCUT2D eigenvalue weighted by molar-refractivity contribution is 5.81. The molecule has 1 atom stereocenters. The molecule has 1 aliphatic heterocycles. The molecule has 1 amide bonds. The number of nitrogens with zero attached hydrogens (tertiary/aromatic N) is 3. The Balaban J connectivity index is 1.91. The molecule has 5 heteroatoms. The number of hydrogen-bond donors (Lipinski definition) is 1. The second-order valence-corrected chi connectivity index (χ2v) is 5.33. The maximum atomic E-state index is 11.9. The van der Waals surface area contributed by atoms with Crippen molar-refractivity contribution in [2.24, 2.45) is 5.73 Å². The number of aromatic nitrogens is 2. The van der Waals surface area contributed by atoms with E-state index in [1.807, 2.05) is 43.5 Å².